The number of amides is 1. The van der Waals surface area contributed by atoms with Gasteiger partial charge in [0, 0.05) is 44.6 Å². The summed E-state index contributed by atoms with van der Waals surface area (Å²) in [4.78, 5) is 31.5. The van der Waals surface area contributed by atoms with Gasteiger partial charge in [0.15, 0.2) is 5.82 Å². The third kappa shape index (κ3) is 3.08. The molecule has 0 aliphatic carbocycles. The van der Waals surface area contributed by atoms with E-state index in [2.05, 4.69) is 22.0 Å². The molecular formula is C21H24F3N5O3. The van der Waals surface area contributed by atoms with Gasteiger partial charge in [-0.25, -0.2) is 4.79 Å². The van der Waals surface area contributed by atoms with Crippen LogP contribution in [-0.4, -0.2) is 82.3 Å². The molecule has 1 aromatic heterocycles. The van der Waals surface area contributed by atoms with Crippen molar-refractivity contribution in [2.45, 2.75) is 50.6 Å². The Morgan fingerprint density at radius 2 is 1.97 bits per heavy atom. The Hall–Kier alpha value is -2.69. The van der Waals surface area contributed by atoms with Gasteiger partial charge in [-0.3, -0.25) is 4.79 Å². The number of ether oxygens (including phenoxy) is 1. The zero-order chi connectivity index (χ0) is 22.8. The van der Waals surface area contributed by atoms with E-state index < -0.39 is 23.3 Å². The molecule has 1 aromatic rings. The summed E-state index contributed by atoms with van der Waals surface area (Å²) in [5.74, 6) is -0.481. The third-order valence-electron chi connectivity index (χ3n) is 7.29. The van der Waals surface area contributed by atoms with Gasteiger partial charge in [-0.05, 0) is 19.5 Å². The van der Waals surface area contributed by atoms with Crippen LogP contribution in [0.2, 0.25) is 0 Å². The summed E-state index contributed by atoms with van der Waals surface area (Å²) in [5, 5.41) is 7.33. The molecule has 0 saturated carbocycles. The monoisotopic (exact) mass is 451 g/mol. The van der Waals surface area contributed by atoms with E-state index in [4.69, 9.17) is 4.74 Å². The minimum absolute atomic E-state index is 0.103. The van der Waals surface area contributed by atoms with Gasteiger partial charge in [0.05, 0.1) is 29.4 Å². The molecule has 0 aromatic carbocycles. The molecule has 5 heterocycles. The van der Waals surface area contributed by atoms with Crippen molar-refractivity contribution in [3.63, 3.8) is 0 Å². The van der Waals surface area contributed by atoms with Crippen LogP contribution in [-0.2, 0) is 20.5 Å². The highest BCUT2D eigenvalue weighted by Crippen LogP contribution is 2.45. The second-order valence-electron chi connectivity index (χ2n) is 8.86. The second-order valence-corrected chi connectivity index (χ2v) is 8.86. The SMILES string of the molecule is CCN1CCC2(CC1)OC(=O)C(C)=C2C(=O)N1CC2C1CN2c1cc(C(F)(F)F)cnn1. The molecule has 2 atom stereocenters. The fourth-order valence-electron chi connectivity index (χ4n) is 5.23. The van der Waals surface area contributed by atoms with Crippen molar-refractivity contribution in [1.82, 2.24) is 20.0 Å². The number of hydrogen-bond donors (Lipinski definition) is 0. The third-order valence-corrected chi connectivity index (χ3v) is 7.29. The highest BCUT2D eigenvalue weighted by atomic mass is 19.4. The number of carbonyl (C=O) groups is 2. The molecule has 3 saturated heterocycles. The van der Waals surface area contributed by atoms with Crippen molar-refractivity contribution in [3.8, 4) is 0 Å². The normalized spacial score (nSPS) is 27.2. The number of aromatic nitrogens is 2. The minimum Gasteiger partial charge on any atom is -0.450 e. The molecule has 2 unspecified atom stereocenters. The molecule has 172 valence electrons. The van der Waals surface area contributed by atoms with Crippen LogP contribution >= 0.6 is 0 Å². The van der Waals surface area contributed by atoms with Crippen molar-refractivity contribution in [1.29, 1.82) is 0 Å². The summed E-state index contributed by atoms with van der Waals surface area (Å²) in [6.45, 7) is 6.86. The highest BCUT2D eigenvalue weighted by Gasteiger charge is 2.58. The van der Waals surface area contributed by atoms with E-state index in [-0.39, 0.29) is 23.8 Å². The highest BCUT2D eigenvalue weighted by molar-refractivity contribution is 6.07. The molecular weight excluding hydrogens is 427 g/mol. The molecule has 0 radical (unpaired) electrons. The van der Waals surface area contributed by atoms with Gasteiger partial charge in [-0.2, -0.15) is 18.3 Å². The molecule has 3 fully saturated rings. The van der Waals surface area contributed by atoms with Crippen molar-refractivity contribution in [2.24, 2.45) is 0 Å². The van der Waals surface area contributed by atoms with E-state index in [1.807, 2.05) is 0 Å². The van der Waals surface area contributed by atoms with E-state index in [1.54, 1.807) is 16.7 Å². The van der Waals surface area contributed by atoms with Crippen LogP contribution in [0.5, 0.6) is 0 Å². The Morgan fingerprint density at radius 1 is 1.25 bits per heavy atom. The molecule has 0 N–H and O–H groups in total. The largest absolute Gasteiger partial charge is 0.450 e. The lowest BCUT2D eigenvalue weighted by Gasteiger charge is -2.62. The Bertz CT molecular complexity index is 1000. The maximum Gasteiger partial charge on any atom is 0.418 e. The van der Waals surface area contributed by atoms with E-state index >= 15 is 0 Å². The molecule has 11 heteroatoms. The van der Waals surface area contributed by atoms with Gasteiger partial charge in [0.2, 0.25) is 0 Å². The maximum absolute atomic E-state index is 13.5. The first-order chi connectivity index (χ1) is 15.1. The number of piperidine rings is 1. The van der Waals surface area contributed by atoms with E-state index in [0.717, 1.165) is 25.7 Å². The molecule has 32 heavy (non-hydrogen) atoms. The summed E-state index contributed by atoms with van der Waals surface area (Å²) in [7, 11) is 0. The number of anilines is 1. The lowest BCUT2D eigenvalue weighted by molar-refractivity contribution is -0.153. The lowest BCUT2D eigenvalue weighted by atomic mass is 9.79. The van der Waals surface area contributed by atoms with Crippen LogP contribution in [0.25, 0.3) is 0 Å². The van der Waals surface area contributed by atoms with Crippen LogP contribution in [0, 0.1) is 0 Å². The molecule has 8 nitrogen and oxygen atoms in total. The Kier molecular flexibility index (Phi) is 4.74. The average Bonchev–Trinajstić information content (AvgIpc) is 2.98. The molecule has 4 aliphatic rings. The van der Waals surface area contributed by atoms with Gasteiger partial charge in [0.25, 0.3) is 5.91 Å². The van der Waals surface area contributed by atoms with E-state index in [0.29, 0.717) is 43.3 Å². The number of alkyl halides is 3. The first kappa shape index (κ1) is 21.2. The molecule has 0 bridgehead atoms. The second kappa shape index (κ2) is 7.16. The predicted octanol–water partition coefficient (Wildman–Crippen LogP) is 1.62. The van der Waals surface area contributed by atoms with Crippen LogP contribution in [0.3, 0.4) is 0 Å². The van der Waals surface area contributed by atoms with Gasteiger partial charge in [-0.15, -0.1) is 5.10 Å². The van der Waals surface area contributed by atoms with Crippen LogP contribution in [0.4, 0.5) is 19.0 Å². The lowest BCUT2D eigenvalue weighted by Crippen LogP contribution is -2.80. The first-order valence-electron chi connectivity index (χ1n) is 10.8. The summed E-state index contributed by atoms with van der Waals surface area (Å²) < 4.78 is 44.7. The predicted molar refractivity (Wildman–Crippen MR) is 107 cm³/mol. The Labute approximate surface area is 183 Å². The number of piperazine rings is 1. The molecule has 1 amide bonds. The van der Waals surface area contributed by atoms with Crippen LogP contribution in [0.1, 0.15) is 32.3 Å². The quantitative estimate of drug-likeness (QED) is 0.647. The smallest absolute Gasteiger partial charge is 0.418 e. The molecule has 5 rings (SSSR count). The van der Waals surface area contributed by atoms with E-state index in [9.17, 15) is 22.8 Å². The Morgan fingerprint density at radius 3 is 2.56 bits per heavy atom. The number of nitrogens with zero attached hydrogens (tertiary/aromatic N) is 5. The van der Waals surface area contributed by atoms with Gasteiger partial charge in [0.1, 0.15) is 5.60 Å². The van der Waals surface area contributed by atoms with Crippen molar-refractivity contribution < 1.29 is 27.5 Å². The zero-order valence-corrected chi connectivity index (χ0v) is 17.9. The fourth-order valence-corrected chi connectivity index (χ4v) is 5.23. The van der Waals surface area contributed by atoms with E-state index in [1.165, 1.54) is 0 Å². The summed E-state index contributed by atoms with van der Waals surface area (Å²) in [6.07, 6.45) is -2.62. The topological polar surface area (TPSA) is 78.9 Å². The minimum atomic E-state index is -4.49. The molecule has 4 aliphatic heterocycles. The standard InChI is InChI=1S/C21H24F3N5O3/c1-3-27-6-4-20(5-7-27)17(12(2)19(31)32-20)18(30)29-11-14-15(29)10-28(14)16-8-13(9-25-26-16)21(22,23)24/h8-9,14-15H,3-7,10-11H2,1-2H3. The number of hydrogen-bond acceptors (Lipinski definition) is 7. The summed E-state index contributed by atoms with van der Waals surface area (Å²) >= 11 is 0. The molecule has 1 spiro atoms. The number of carbonyl (C=O) groups excluding carboxylic acids is 2. The summed E-state index contributed by atoms with van der Waals surface area (Å²) in [6, 6.07) is 0.761. The zero-order valence-electron chi connectivity index (χ0n) is 17.9. The number of rotatable bonds is 3. The summed E-state index contributed by atoms with van der Waals surface area (Å²) in [5.41, 5.74) is -0.899. The van der Waals surface area contributed by atoms with Crippen molar-refractivity contribution >= 4 is 17.7 Å². The Balaban J connectivity index is 1.30. The fraction of sp³-hybridized carbons (Fsp3) is 0.619. The maximum atomic E-state index is 13.5. The van der Waals surface area contributed by atoms with Gasteiger partial charge < -0.3 is 19.4 Å². The average molecular weight is 451 g/mol. The van der Waals surface area contributed by atoms with Crippen LogP contribution < -0.4 is 4.90 Å². The number of likely N-dealkylation sites (tertiary alicyclic amines) is 2. The first-order valence-corrected chi connectivity index (χ1v) is 10.8. The van der Waals surface area contributed by atoms with Crippen molar-refractivity contribution in [3.05, 3.63) is 29.0 Å². The number of fused-ring (bicyclic) bond motifs is 1. The van der Waals surface area contributed by atoms with Gasteiger partial charge in [-0.1, -0.05) is 6.92 Å². The van der Waals surface area contributed by atoms with Crippen molar-refractivity contribution in [2.75, 3.05) is 37.6 Å². The number of esters is 1. The number of halogens is 3. The van der Waals surface area contributed by atoms with Gasteiger partial charge >= 0.3 is 12.1 Å². The van der Waals surface area contributed by atoms with Crippen LogP contribution in [0.15, 0.2) is 23.4 Å².